The first-order chi connectivity index (χ1) is 7.04. The minimum atomic E-state index is -3.07. The van der Waals surface area contributed by atoms with Gasteiger partial charge in [0.1, 0.15) is 17.1 Å². The number of hydrogen-bond acceptors (Lipinski definition) is 3. The van der Waals surface area contributed by atoms with Crippen LogP contribution in [-0.2, 0) is 0 Å². The lowest BCUT2D eigenvalue weighted by Crippen LogP contribution is -2.07. The van der Waals surface area contributed by atoms with Crippen molar-refractivity contribution in [1.82, 2.24) is 0 Å². The topological polar surface area (TPSA) is 55.8 Å². The summed E-state index contributed by atoms with van der Waals surface area (Å²) in [6, 6.07) is 3.58. The second-order valence-corrected chi connectivity index (χ2v) is 2.55. The third-order valence-electron chi connectivity index (χ3n) is 1.64. The van der Waals surface area contributed by atoms with Crippen LogP contribution in [0.15, 0.2) is 18.2 Å². The Kier molecular flexibility index (Phi) is 3.43. The summed E-state index contributed by atoms with van der Waals surface area (Å²) < 4.78 is 32.7. The molecule has 15 heavy (non-hydrogen) atoms. The molecule has 0 unspecified atom stereocenters. The molecule has 0 spiro atoms. The highest BCUT2D eigenvalue weighted by Gasteiger charge is 2.15. The highest BCUT2D eigenvalue weighted by atomic mass is 19.3. The summed E-state index contributed by atoms with van der Waals surface area (Å²) in [7, 11) is 1.34. The summed E-state index contributed by atoms with van der Waals surface area (Å²) in [5, 5.41) is 8.68. The smallest absolute Gasteiger partial charge is 0.387 e. The van der Waals surface area contributed by atoms with Crippen molar-refractivity contribution < 1.29 is 28.2 Å². The van der Waals surface area contributed by atoms with Crippen LogP contribution in [0.2, 0.25) is 0 Å². The minimum absolute atomic E-state index is 0.246. The Morgan fingerprint density at radius 1 is 1.47 bits per heavy atom. The maximum Gasteiger partial charge on any atom is 0.387 e. The summed E-state index contributed by atoms with van der Waals surface area (Å²) in [5.41, 5.74) is -0.337. The zero-order chi connectivity index (χ0) is 11.4. The third kappa shape index (κ3) is 2.80. The first kappa shape index (κ1) is 11.2. The summed E-state index contributed by atoms with van der Waals surface area (Å²) in [4.78, 5) is 10.6. The number of alkyl halides is 2. The second kappa shape index (κ2) is 4.59. The maximum atomic E-state index is 11.9. The Balaban J connectivity index is 3.10. The summed E-state index contributed by atoms with van der Waals surface area (Å²) in [5.74, 6) is -1.51. The minimum Gasteiger partial charge on any atom is -0.497 e. The number of carboxylic acids is 1. The van der Waals surface area contributed by atoms with Crippen LogP contribution in [-0.4, -0.2) is 24.8 Å². The predicted octanol–water partition coefficient (Wildman–Crippen LogP) is 1.99. The Bertz CT molecular complexity index is 365. The molecule has 0 fully saturated rings. The van der Waals surface area contributed by atoms with Crippen LogP contribution in [0.1, 0.15) is 10.4 Å². The van der Waals surface area contributed by atoms with Gasteiger partial charge in [0, 0.05) is 6.07 Å². The van der Waals surface area contributed by atoms with Crippen molar-refractivity contribution in [2.24, 2.45) is 0 Å². The van der Waals surface area contributed by atoms with Gasteiger partial charge < -0.3 is 14.6 Å². The first-order valence-corrected chi connectivity index (χ1v) is 3.90. The van der Waals surface area contributed by atoms with Gasteiger partial charge in [0.25, 0.3) is 0 Å². The summed E-state index contributed by atoms with van der Waals surface area (Å²) >= 11 is 0. The van der Waals surface area contributed by atoms with E-state index in [9.17, 15) is 13.6 Å². The number of benzene rings is 1. The molecule has 1 N–H and O–H groups in total. The van der Waals surface area contributed by atoms with E-state index in [4.69, 9.17) is 9.84 Å². The van der Waals surface area contributed by atoms with E-state index in [1.54, 1.807) is 0 Å². The molecule has 1 aromatic carbocycles. The van der Waals surface area contributed by atoms with Gasteiger partial charge in [0.15, 0.2) is 0 Å². The molecule has 0 aliphatic carbocycles. The molecule has 0 aliphatic rings. The number of carboxylic acid groups (broad SMARTS) is 1. The monoisotopic (exact) mass is 218 g/mol. The van der Waals surface area contributed by atoms with Crippen molar-refractivity contribution in [1.29, 1.82) is 0 Å². The number of halogens is 2. The standard InChI is InChI=1S/C9H8F2O4/c1-14-5-2-3-6(8(12)13)7(4-5)15-9(10)11/h2-4,9H,1H3,(H,12,13). The molecule has 0 bridgehead atoms. The molecule has 1 rings (SSSR count). The van der Waals surface area contributed by atoms with E-state index >= 15 is 0 Å². The highest BCUT2D eigenvalue weighted by Crippen LogP contribution is 2.26. The predicted molar refractivity (Wildman–Crippen MR) is 46.6 cm³/mol. The normalized spacial score (nSPS) is 10.1. The van der Waals surface area contributed by atoms with Crippen molar-refractivity contribution in [3.05, 3.63) is 23.8 Å². The first-order valence-electron chi connectivity index (χ1n) is 3.90. The number of aromatic carboxylic acids is 1. The quantitative estimate of drug-likeness (QED) is 0.839. The molecule has 4 nitrogen and oxygen atoms in total. The molecule has 6 heteroatoms. The largest absolute Gasteiger partial charge is 0.497 e. The van der Waals surface area contributed by atoms with Gasteiger partial charge in [0.2, 0.25) is 0 Å². The van der Waals surface area contributed by atoms with Crippen LogP contribution in [0.3, 0.4) is 0 Å². The van der Waals surface area contributed by atoms with E-state index in [1.165, 1.54) is 13.2 Å². The van der Waals surface area contributed by atoms with Gasteiger partial charge in [-0.15, -0.1) is 0 Å². The number of methoxy groups -OCH3 is 1. The number of hydrogen-bond donors (Lipinski definition) is 1. The van der Waals surface area contributed by atoms with Gasteiger partial charge in [-0.05, 0) is 12.1 Å². The van der Waals surface area contributed by atoms with E-state index in [1.807, 2.05) is 0 Å². The molecule has 0 saturated carbocycles. The van der Waals surface area contributed by atoms with Gasteiger partial charge in [-0.25, -0.2) is 4.79 Å². The molecule has 82 valence electrons. The van der Waals surface area contributed by atoms with Gasteiger partial charge in [-0.3, -0.25) is 0 Å². The third-order valence-corrected chi connectivity index (χ3v) is 1.64. The Morgan fingerprint density at radius 2 is 2.13 bits per heavy atom. The molecule has 0 heterocycles. The average Bonchev–Trinajstić information content (AvgIpc) is 2.16. The van der Waals surface area contributed by atoms with Gasteiger partial charge >= 0.3 is 12.6 Å². The highest BCUT2D eigenvalue weighted by molar-refractivity contribution is 5.91. The zero-order valence-electron chi connectivity index (χ0n) is 7.74. The molecule has 0 saturated heterocycles. The fourth-order valence-corrected chi connectivity index (χ4v) is 1.000. The lowest BCUT2D eigenvalue weighted by atomic mass is 10.2. The number of ether oxygens (including phenoxy) is 2. The fourth-order valence-electron chi connectivity index (χ4n) is 1.000. The second-order valence-electron chi connectivity index (χ2n) is 2.55. The fraction of sp³-hybridized carbons (Fsp3) is 0.222. The molecule has 1 aromatic rings. The molecular formula is C9H8F2O4. The molecule has 0 aromatic heterocycles. The van der Waals surface area contributed by atoms with Gasteiger partial charge in [0.05, 0.1) is 7.11 Å². The van der Waals surface area contributed by atoms with Crippen molar-refractivity contribution in [3.8, 4) is 11.5 Å². The SMILES string of the molecule is COc1ccc(C(=O)O)c(OC(F)F)c1. The number of carbonyl (C=O) groups is 1. The summed E-state index contributed by atoms with van der Waals surface area (Å²) in [6.07, 6.45) is 0. The number of rotatable bonds is 4. The van der Waals surface area contributed by atoms with Crippen LogP contribution in [0.5, 0.6) is 11.5 Å². The Morgan fingerprint density at radius 3 is 2.60 bits per heavy atom. The lowest BCUT2D eigenvalue weighted by Gasteiger charge is -2.09. The van der Waals surface area contributed by atoms with E-state index in [-0.39, 0.29) is 11.3 Å². The van der Waals surface area contributed by atoms with Gasteiger partial charge in [-0.1, -0.05) is 0 Å². The Labute approximate surface area is 84.0 Å². The van der Waals surface area contributed by atoms with Crippen molar-refractivity contribution in [2.45, 2.75) is 6.61 Å². The lowest BCUT2D eigenvalue weighted by molar-refractivity contribution is -0.0504. The van der Waals surface area contributed by atoms with Crippen LogP contribution in [0.25, 0.3) is 0 Å². The van der Waals surface area contributed by atoms with Gasteiger partial charge in [-0.2, -0.15) is 8.78 Å². The van der Waals surface area contributed by atoms with Crippen molar-refractivity contribution in [2.75, 3.05) is 7.11 Å². The zero-order valence-corrected chi connectivity index (χ0v) is 7.74. The van der Waals surface area contributed by atoms with Crippen LogP contribution >= 0.6 is 0 Å². The van der Waals surface area contributed by atoms with Crippen LogP contribution in [0.4, 0.5) is 8.78 Å². The Hall–Kier alpha value is -1.85. The van der Waals surface area contributed by atoms with Crippen LogP contribution < -0.4 is 9.47 Å². The summed E-state index contributed by atoms with van der Waals surface area (Å²) in [6.45, 7) is -3.07. The molecule has 0 radical (unpaired) electrons. The maximum absolute atomic E-state index is 11.9. The van der Waals surface area contributed by atoms with E-state index in [2.05, 4.69) is 4.74 Å². The molecular weight excluding hydrogens is 210 g/mol. The molecule has 0 amide bonds. The molecule has 0 atom stereocenters. The van der Waals surface area contributed by atoms with E-state index < -0.39 is 18.3 Å². The van der Waals surface area contributed by atoms with Crippen molar-refractivity contribution >= 4 is 5.97 Å². The molecule has 0 aliphatic heterocycles. The van der Waals surface area contributed by atoms with E-state index in [0.717, 1.165) is 12.1 Å². The van der Waals surface area contributed by atoms with E-state index in [0.29, 0.717) is 0 Å². The van der Waals surface area contributed by atoms with Crippen LogP contribution in [0, 0.1) is 0 Å². The van der Waals surface area contributed by atoms with Crippen molar-refractivity contribution in [3.63, 3.8) is 0 Å². The average molecular weight is 218 g/mol.